The number of para-hydroxylation sites is 2. The number of nitrogens with zero attached hydrogens (tertiary/aromatic N) is 6. The summed E-state index contributed by atoms with van der Waals surface area (Å²) in [6.07, 6.45) is 8.33. The number of benzene rings is 1. The average Bonchev–Trinajstić information content (AvgIpc) is 3.42. The molecule has 0 atom stereocenters. The van der Waals surface area contributed by atoms with Crippen LogP contribution in [0.2, 0.25) is 0 Å². The van der Waals surface area contributed by atoms with Crippen molar-refractivity contribution in [2.45, 2.75) is 18.8 Å². The molecule has 0 bridgehead atoms. The molecule has 1 N–H and O–H groups in total. The minimum atomic E-state index is -0.483. The lowest BCUT2D eigenvalue weighted by atomic mass is 9.98. The van der Waals surface area contributed by atoms with Crippen LogP contribution in [0.3, 0.4) is 0 Å². The second kappa shape index (κ2) is 11.3. The maximum absolute atomic E-state index is 12.5. The number of likely N-dealkylation sites (tertiary alicyclic amines) is 1. The molecular weight excluding hydrogens is 441 g/mol. The lowest BCUT2D eigenvalue weighted by Crippen LogP contribution is -2.47. The van der Waals surface area contributed by atoms with Gasteiger partial charge < -0.3 is 15.2 Å². The molecule has 0 radical (unpaired) electrons. The van der Waals surface area contributed by atoms with E-state index in [0.717, 1.165) is 60.7 Å². The van der Waals surface area contributed by atoms with Crippen LogP contribution >= 0.6 is 0 Å². The van der Waals surface area contributed by atoms with Gasteiger partial charge in [0.05, 0.1) is 29.0 Å². The van der Waals surface area contributed by atoms with Gasteiger partial charge in [-0.2, -0.15) is 0 Å². The molecule has 0 spiro atoms. The van der Waals surface area contributed by atoms with E-state index in [4.69, 9.17) is 9.98 Å². The molecule has 4 rings (SSSR count). The summed E-state index contributed by atoms with van der Waals surface area (Å²) in [5.41, 5.74) is 5.13. The van der Waals surface area contributed by atoms with E-state index in [1.807, 2.05) is 6.07 Å². The third-order valence-corrected chi connectivity index (χ3v) is 6.17. The van der Waals surface area contributed by atoms with Crippen LogP contribution in [0.25, 0.3) is 11.0 Å². The quantitative estimate of drug-likeness (QED) is 0.287. The third kappa shape index (κ3) is 6.14. The van der Waals surface area contributed by atoms with Crippen LogP contribution in [-0.2, 0) is 0 Å². The zero-order chi connectivity index (χ0) is 24.8. The van der Waals surface area contributed by atoms with Crippen molar-refractivity contribution in [3.05, 3.63) is 78.7 Å². The van der Waals surface area contributed by atoms with E-state index < -0.39 is 5.83 Å². The van der Waals surface area contributed by atoms with Crippen molar-refractivity contribution in [2.75, 3.05) is 51.8 Å². The molecule has 1 fully saturated rings. The van der Waals surface area contributed by atoms with Gasteiger partial charge in [0.25, 0.3) is 0 Å². The summed E-state index contributed by atoms with van der Waals surface area (Å²) in [6.45, 7) is 11.5. The molecule has 0 aliphatic carbocycles. The Kier molecular flexibility index (Phi) is 7.92. The van der Waals surface area contributed by atoms with Crippen molar-refractivity contribution in [2.24, 2.45) is 9.98 Å². The van der Waals surface area contributed by atoms with Crippen molar-refractivity contribution in [3.8, 4) is 0 Å². The summed E-state index contributed by atoms with van der Waals surface area (Å²) in [7, 11) is 4.13. The van der Waals surface area contributed by atoms with E-state index in [2.05, 4.69) is 76.4 Å². The lowest BCUT2D eigenvalue weighted by Gasteiger charge is -2.39. The number of fused-ring (bicyclic) bond motifs is 1. The summed E-state index contributed by atoms with van der Waals surface area (Å²) in [5, 5.41) is 5.37. The number of imidazole rings is 1. The Morgan fingerprint density at radius 2 is 2.09 bits per heavy atom. The molecule has 0 unspecified atom stereocenters. The molecule has 7 nitrogen and oxygen atoms in total. The smallest absolute Gasteiger partial charge is 0.134 e. The van der Waals surface area contributed by atoms with Crippen molar-refractivity contribution >= 4 is 23.0 Å². The monoisotopic (exact) mass is 475 g/mol. The van der Waals surface area contributed by atoms with Crippen LogP contribution in [0.4, 0.5) is 4.39 Å². The van der Waals surface area contributed by atoms with Gasteiger partial charge in [0, 0.05) is 64.5 Å². The van der Waals surface area contributed by atoms with Gasteiger partial charge in [0.15, 0.2) is 0 Å². The molecule has 2 aliphatic rings. The average molecular weight is 476 g/mol. The van der Waals surface area contributed by atoms with Crippen LogP contribution < -0.4 is 10.3 Å². The molecular formula is C27H34FN7. The number of nitrogens with one attached hydrogen (secondary N) is 1. The minimum Gasteiger partial charge on any atom is -0.382 e. The van der Waals surface area contributed by atoms with Crippen molar-refractivity contribution in [1.82, 2.24) is 19.9 Å². The Bertz CT molecular complexity index is 1200. The topological polar surface area (TPSA) is 61.1 Å². The summed E-state index contributed by atoms with van der Waals surface area (Å²) in [5.74, 6) is 1.11. The molecule has 1 aromatic carbocycles. The first-order valence-electron chi connectivity index (χ1n) is 12.0. The summed E-state index contributed by atoms with van der Waals surface area (Å²) >= 11 is 0. The maximum Gasteiger partial charge on any atom is 0.134 e. The van der Waals surface area contributed by atoms with Crippen molar-refractivity contribution < 1.29 is 4.39 Å². The zero-order valence-electron chi connectivity index (χ0n) is 20.6. The molecule has 1 aromatic heterocycles. The summed E-state index contributed by atoms with van der Waals surface area (Å²) in [4.78, 5) is 16.4. The Morgan fingerprint density at radius 3 is 2.86 bits per heavy atom. The highest BCUT2D eigenvalue weighted by atomic mass is 19.1. The standard InChI is InChI=1S/C27H34FN7/c1-20(28)8-7-14-29-15-16-30-21(2)24-12-11-23(31-24)13-17-34-18-22(19-34)27-32-25-9-5-6-10-26(25)35(27)33(3)4/h5-10,12,14,22,30H,1-2,11,13,15-19H2,3-4H3/b8-7-,29-14-. The fourth-order valence-corrected chi connectivity index (χ4v) is 4.39. The maximum atomic E-state index is 12.5. The first-order chi connectivity index (χ1) is 16.9. The Morgan fingerprint density at radius 1 is 1.29 bits per heavy atom. The largest absolute Gasteiger partial charge is 0.382 e. The normalized spacial score (nSPS) is 16.7. The molecule has 184 valence electrons. The first kappa shape index (κ1) is 24.6. The Balaban J connectivity index is 1.20. The van der Waals surface area contributed by atoms with Crippen molar-refractivity contribution in [1.29, 1.82) is 0 Å². The zero-order valence-corrected chi connectivity index (χ0v) is 20.6. The first-order valence-corrected chi connectivity index (χ1v) is 12.0. The van der Waals surface area contributed by atoms with Crippen LogP contribution in [0, 0.1) is 0 Å². The highest BCUT2D eigenvalue weighted by Gasteiger charge is 2.32. The third-order valence-electron chi connectivity index (χ3n) is 6.17. The summed E-state index contributed by atoms with van der Waals surface area (Å²) in [6, 6.07) is 8.32. The number of rotatable bonds is 12. The Labute approximate surface area is 206 Å². The van der Waals surface area contributed by atoms with E-state index in [1.165, 1.54) is 17.9 Å². The van der Waals surface area contributed by atoms with Gasteiger partial charge in [-0.25, -0.2) is 14.1 Å². The second-order valence-electron chi connectivity index (χ2n) is 9.06. The van der Waals surface area contributed by atoms with Gasteiger partial charge in [-0.1, -0.05) is 31.4 Å². The van der Waals surface area contributed by atoms with Gasteiger partial charge in [-0.05, 0) is 30.7 Å². The van der Waals surface area contributed by atoms with Crippen LogP contribution in [0.1, 0.15) is 24.6 Å². The number of hydrogen-bond acceptors (Lipinski definition) is 6. The van der Waals surface area contributed by atoms with Gasteiger partial charge in [-0.15, -0.1) is 0 Å². The SMILES string of the molecule is C=C(F)/C=C\C=N/CCNC(=C)C1=CCC(CCN2CC(c3nc4ccccc4n3N(C)C)C2)=N1. The molecule has 8 heteroatoms. The van der Waals surface area contributed by atoms with Crippen LogP contribution in [-0.4, -0.2) is 73.3 Å². The van der Waals surface area contributed by atoms with Crippen molar-refractivity contribution in [3.63, 3.8) is 0 Å². The molecule has 0 amide bonds. The van der Waals surface area contributed by atoms with Crippen LogP contribution in [0.15, 0.2) is 82.9 Å². The van der Waals surface area contributed by atoms with E-state index in [9.17, 15) is 4.39 Å². The molecule has 35 heavy (non-hydrogen) atoms. The van der Waals surface area contributed by atoms with Crippen LogP contribution in [0.5, 0.6) is 0 Å². The lowest BCUT2D eigenvalue weighted by molar-refractivity contribution is 0.145. The minimum absolute atomic E-state index is 0.446. The van der Waals surface area contributed by atoms with E-state index in [1.54, 1.807) is 6.21 Å². The molecule has 3 heterocycles. The number of hydrogen-bond donors (Lipinski definition) is 1. The molecule has 2 aromatic rings. The molecule has 1 saturated heterocycles. The van der Waals surface area contributed by atoms with E-state index >= 15 is 0 Å². The second-order valence-corrected chi connectivity index (χ2v) is 9.06. The number of allylic oxidation sites excluding steroid dienone is 4. The predicted molar refractivity (Wildman–Crippen MR) is 144 cm³/mol. The van der Waals surface area contributed by atoms with E-state index in [0.29, 0.717) is 19.0 Å². The van der Waals surface area contributed by atoms with Gasteiger partial charge in [0.1, 0.15) is 11.7 Å². The fourth-order valence-electron chi connectivity index (χ4n) is 4.39. The van der Waals surface area contributed by atoms with E-state index in [-0.39, 0.29) is 0 Å². The number of aromatic nitrogens is 2. The molecule has 2 aliphatic heterocycles. The van der Waals surface area contributed by atoms with Gasteiger partial charge in [0.2, 0.25) is 0 Å². The molecule has 0 saturated carbocycles. The number of aliphatic imine (C=N–C) groups is 2. The summed E-state index contributed by atoms with van der Waals surface area (Å²) < 4.78 is 14.7. The number of halogens is 1. The Hall–Kier alpha value is -3.52. The van der Waals surface area contributed by atoms with Gasteiger partial charge in [-0.3, -0.25) is 9.98 Å². The fraction of sp³-hybridized carbons (Fsp3) is 0.370. The predicted octanol–water partition coefficient (Wildman–Crippen LogP) is 3.97. The highest BCUT2D eigenvalue weighted by molar-refractivity contribution is 5.89. The van der Waals surface area contributed by atoms with Gasteiger partial charge >= 0.3 is 0 Å². The highest BCUT2D eigenvalue weighted by Crippen LogP contribution is 2.29.